The molecule has 0 saturated carbocycles. The van der Waals surface area contributed by atoms with E-state index in [1.807, 2.05) is 35.5 Å². The molecule has 1 aromatic heterocycles. The quantitative estimate of drug-likeness (QED) is 0.215. The minimum absolute atomic E-state index is 0.0355. The first-order valence-electron chi connectivity index (χ1n) is 11.3. The number of nitrogens with zero attached hydrogens (tertiary/aromatic N) is 1. The summed E-state index contributed by atoms with van der Waals surface area (Å²) in [6, 6.07) is 14.6. The summed E-state index contributed by atoms with van der Waals surface area (Å²) in [4.78, 5) is 48.1. The van der Waals surface area contributed by atoms with Gasteiger partial charge in [0.15, 0.2) is 0 Å². The second-order valence-corrected chi connectivity index (χ2v) is 9.08. The summed E-state index contributed by atoms with van der Waals surface area (Å²) in [5.74, 6) is -3.68. The summed E-state index contributed by atoms with van der Waals surface area (Å²) in [7, 11) is 0. The Morgan fingerprint density at radius 2 is 1.84 bits per heavy atom. The SMILES string of the molecule is CC(C)C(N)C(=O)OC(CN(Cc1ccc(-c2cccc(Cl)c2)cc1)NC(=O)c1cc(=O)[nH]o1)C(=O)O. The number of H-pyrrole nitrogens is 1. The minimum Gasteiger partial charge on any atom is -0.478 e. The molecule has 0 fully saturated rings. The maximum absolute atomic E-state index is 12.6. The van der Waals surface area contributed by atoms with Gasteiger partial charge in [0.2, 0.25) is 11.9 Å². The summed E-state index contributed by atoms with van der Waals surface area (Å²) in [6.07, 6.45) is -1.64. The number of ether oxygens (including phenoxy) is 1. The first-order valence-corrected chi connectivity index (χ1v) is 11.7. The van der Waals surface area contributed by atoms with Crippen molar-refractivity contribution >= 4 is 29.4 Å². The predicted octanol–water partition coefficient (Wildman–Crippen LogP) is 2.42. The Bertz CT molecular complexity index is 1300. The van der Waals surface area contributed by atoms with Crippen LogP contribution in [0.4, 0.5) is 0 Å². The van der Waals surface area contributed by atoms with Crippen molar-refractivity contribution in [3.05, 3.63) is 81.3 Å². The summed E-state index contributed by atoms with van der Waals surface area (Å²) < 4.78 is 9.96. The first kappa shape index (κ1) is 27.7. The van der Waals surface area contributed by atoms with Gasteiger partial charge >= 0.3 is 17.8 Å². The number of rotatable bonds is 11. The number of nitrogens with two attached hydrogens (primary N) is 1. The summed E-state index contributed by atoms with van der Waals surface area (Å²) in [5, 5.41) is 13.5. The number of hydrogen-bond acceptors (Lipinski definition) is 8. The second-order valence-electron chi connectivity index (χ2n) is 8.64. The first-order chi connectivity index (χ1) is 17.5. The van der Waals surface area contributed by atoms with Crippen LogP contribution < -0.4 is 16.7 Å². The molecule has 2 unspecified atom stereocenters. The van der Waals surface area contributed by atoms with Gasteiger partial charge in [-0.3, -0.25) is 19.8 Å². The molecule has 3 aromatic rings. The zero-order valence-electron chi connectivity index (χ0n) is 20.1. The van der Waals surface area contributed by atoms with Crippen molar-refractivity contribution in [2.24, 2.45) is 11.7 Å². The molecular formula is C25H27ClN4O7. The van der Waals surface area contributed by atoms with Gasteiger partial charge in [0, 0.05) is 11.6 Å². The van der Waals surface area contributed by atoms with E-state index in [4.69, 9.17) is 26.6 Å². The number of esters is 1. The van der Waals surface area contributed by atoms with Crippen LogP contribution in [-0.4, -0.2) is 51.8 Å². The lowest BCUT2D eigenvalue weighted by molar-refractivity contribution is -0.167. The van der Waals surface area contributed by atoms with Crippen LogP contribution in [0.3, 0.4) is 0 Å². The van der Waals surface area contributed by atoms with Crippen molar-refractivity contribution in [2.45, 2.75) is 32.5 Å². The number of carbonyl (C=O) groups excluding carboxylic acids is 2. The van der Waals surface area contributed by atoms with Gasteiger partial charge in [0.1, 0.15) is 6.04 Å². The van der Waals surface area contributed by atoms with Crippen molar-refractivity contribution in [2.75, 3.05) is 6.54 Å². The van der Waals surface area contributed by atoms with Crippen LogP contribution in [0.15, 0.2) is 63.9 Å². The van der Waals surface area contributed by atoms with Crippen LogP contribution in [0, 0.1) is 5.92 Å². The summed E-state index contributed by atoms with van der Waals surface area (Å²) in [5.41, 5.74) is 10.2. The zero-order chi connectivity index (χ0) is 27.1. The third-order valence-corrected chi connectivity index (χ3v) is 5.64. The highest BCUT2D eigenvalue weighted by atomic mass is 35.5. The molecule has 2 atom stereocenters. The third-order valence-electron chi connectivity index (χ3n) is 5.40. The van der Waals surface area contributed by atoms with Gasteiger partial charge in [0.25, 0.3) is 5.56 Å². The number of aromatic nitrogens is 1. The summed E-state index contributed by atoms with van der Waals surface area (Å²) >= 11 is 6.07. The maximum atomic E-state index is 12.6. The Kier molecular flexibility index (Phi) is 9.23. The van der Waals surface area contributed by atoms with Crippen LogP contribution in [0.1, 0.15) is 30.0 Å². The number of carbonyl (C=O) groups is 3. The number of halogens is 1. The fourth-order valence-corrected chi connectivity index (χ4v) is 3.48. The van der Waals surface area contributed by atoms with Crippen LogP contribution in [0.2, 0.25) is 5.02 Å². The molecule has 3 rings (SSSR count). The monoisotopic (exact) mass is 530 g/mol. The number of nitrogens with one attached hydrogen (secondary N) is 2. The zero-order valence-corrected chi connectivity index (χ0v) is 20.9. The molecule has 12 heteroatoms. The number of aromatic amines is 1. The molecule has 2 aromatic carbocycles. The smallest absolute Gasteiger partial charge is 0.346 e. The van der Waals surface area contributed by atoms with E-state index in [0.29, 0.717) is 10.6 Å². The minimum atomic E-state index is -1.64. The van der Waals surface area contributed by atoms with Crippen molar-refractivity contribution in [1.82, 2.24) is 15.6 Å². The van der Waals surface area contributed by atoms with Gasteiger partial charge < -0.3 is 20.1 Å². The van der Waals surface area contributed by atoms with E-state index in [1.54, 1.807) is 32.0 Å². The largest absolute Gasteiger partial charge is 0.478 e. The molecule has 0 bridgehead atoms. The Morgan fingerprint density at radius 1 is 1.14 bits per heavy atom. The molecule has 0 aliphatic rings. The Hall–Kier alpha value is -3.93. The molecule has 1 heterocycles. The van der Waals surface area contributed by atoms with Gasteiger partial charge in [-0.2, -0.15) is 5.16 Å². The predicted molar refractivity (Wildman–Crippen MR) is 134 cm³/mol. The molecule has 1 amide bonds. The van der Waals surface area contributed by atoms with E-state index >= 15 is 0 Å². The Balaban J connectivity index is 1.81. The molecule has 0 spiro atoms. The van der Waals surface area contributed by atoms with Crippen LogP contribution in [0.25, 0.3) is 11.1 Å². The van der Waals surface area contributed by atoms with E-state index in [-0.39, 0.29) is 18.2 Å². The number of aliphatic carboxylic acids is 1. The fourth-order valence-electron chi connectivity index (χ4n) is 3.29. The molecule has 0 aliphatic carbocycles. The van der Waals surface area contributed by atoms with E-state index in [9.17, 15) is 24.3 Å². The van der Waals surface area contributed by atoms with E-state index in [2.05, 4.69) is 5.43 Å². The number of hydrogen-bond donors (Lipinski definition) is 4. The summed E-state index contributed by atoms with van der Waals surface area (Å²) in [6.45, 7) is 3.02. The highest BCUT2D eigenvalue weighted by molar-refractivity contribution is 6.30. The fraction of sp³-hybridized carbons (Fsp3) is 0.280. The van der Waals surface area contributed by atoms with Crippen molar-refractivity contribution in [1.29, 1.82) is 0 Å². The lowest BCUT2D eigenvalue weighted by Gasteiger charge is -2.26. The number of benzene rings is 2. The number of amides is 1. The van der Waals surface area contributed by atoms with Crippen LogP contribution in [-0.2, 0) is 20.9 Å². The van der Waals surface area contributed by atoms with Gasteiger partial charge in [-0.15, -0.1) is 0 Å². The topological polar surface area (TPSA) is 168 Å². The molecular weight excluding hydrogens is 504 g/mol. The van der Waals surface area contributed by atoms with E-state index in [0.717, 1.165) is 17.2 Å². The third kappa shape index (κ3) is 7.78. The highest BCUT2D eigenvalue weighted by Gasteiger charge is 2.30. The van der Waals surface area contributed by atoms with Crippen molar-refractivity contribution in [3.63, 3.8) is 0 Å². The number of carboxylic acid groups (broad SMARTS) is 1. The molecule has 0 saturated heterocycles. The van der Waals surface area contributed by atoms with Crippen LogP contribution >= 0.6 is 11.6 Å². The van der Waals surface area contributed by atoms with Gasteiger partial charge in [-0.25, -0.2) is 9.80 Å². The van der Waals surface area contributed by atoms with E-state index < -0.39 is 42.1 Å². The molecule has 0 radical (unpaired) electrons. The maximum Gasteiger partial charge on any atom is 0.346 e. The molecule has 37 heavy (non-hydrogen) atoms. The van der Waals surface area contributed by atoms with Gasteiger partial charge in [0.05, 0.1) is 12.6 Å². The van der Waals surface area contributed by atoms with Crippen molar-refractivity contribution < 1.29 is 28.8 Å². The lowest BCUT2D eigenvalue weighted by Crippen LogP contribution is -2.50. The Morgan fingerprint density at radius 3 is 2.41 bits per heavy atom. The van der Waals surface area contributed by atoms with Crippen molar-refractivity contribution in [3.8, 4) is 11.1 Å². The second kappa shape index (κ2) is 12.3. The molecule has 196 valence electrons. The standard InChI is InChI=1S/C25H27ClN4O7/c1-14(2)22(27)25(35)36-20(24(33)34)13-30(28-23(32)19-11-21(31)29-37-19)12-15-6-8-16(9-7-15)17-4-3-5-18(26)10-17/h3-11,14,20,22H,12-13,27H2,1-2H3,(H,28,32)(H,29,31)(H,33,34). The average Bonchev–Trinajstić information content (AvgIpc) is 3.29. The molecule has 11 nitrogen and oxygen atoms in total. The molecule has 5 N–H and O–H groups in total. The van der Waals surface area contributed by atoms with Gasteiger partial charge in [-0.1, -0.05) is 61.8 Å². The van der Waals surface area contributed by atoms with E-state index in [1.165, 1.54) is 5.01 Å². The molecule has 0 aliphatic heterocycles. The lowest BCUT2D eigenvalue weighted by atomic mass is 10.0. The average molecular weight is 531 g/mol. The Labute approximate surface area is 217 Å². The normalized spacial score (nSPS) is 12.8. The number of carboxylic acids is 1. The van der Waals surface area contributed by atoms with Crippen LogP contribution in [0.5, 0.6) is 0 Å². The van der Waals surface area contributed by atoms with Gasteiger partial charge in [-0.05, 0) is 34.7 Å². The number of hydrazine groups is 1. The highest BCUT2D eigenvalue weighted by Crippen LogP contribution is 2.23.